The van der Waals surface area contributed by atoms with Crippen molar-refractivity contribution >= 4 is 18.0 Å². The molecule has 0 aliphatic heterocycles. The molecule has 0 fully saturated rings. The third-order valence-corrected chi connectivity index (χ3v) is 3.61. The number of nitrogens with one attached hydrogen (secondary N) is 2. The van der Waals surface area contributed by atoms with Crippen LogP contribution in [0.25, 0.3) is 0 Å². The molecule has 1 aromatic rings. The first-order chi connectivity index (χ1) is 12.7. The van der Waals surface area contributed by atoms with Gasteiger partial charge in [-0.15, -0.1) is 0 Å². The number of carbonyl (C=O) groups is 3. The highest BCUT2D eigenvalue weighted by molar-refractivity contribution is 5.87. The van der Waals surface area contributed by atoms with Gasteiger partial charge < -0.3 is 20.1 Å². The zero-order valence-electron chi connectivity index (χ0n) is 16.7. The summed E-state index contributed by atoms with van der Waals surface area (Å²) in [5.41, 5.74) is -0.0654. The van der Waals surface area contributed by atoms with E-state index in [0.717, 1.165) is 0 Å². The highest BCUT2D eigenvalue weighted by atomic mass is 16.6. The summed E-state index contributed by atoms with van der Waals surface area (Å²) < 4.78 is 10.2. The average Bonchev–Trinajstić information content (AvgIpc) is 2.58. The first kappa shape index (κ1) is 22.5. The summed E-state index contributed by atoms with van der Waals surface area (Å²) in [6.07, 6.45) is -0.0624. The molecular formula is C20H30N2O5. The van der Waals surface area contributed by atoms with Crippen molar-refractivity contribution in [2.24, 2.45) is 0 Å². The lowest BCUT2D eigenvalue weighted by Crippen LogP contribution is -2.46. The van der Waals surface area contributed by atoms with Crippen molar-refractivity contribution in [2.75, 3.05) is 6.61 Å². The first-order valence-electron chi connectivity index (χ1n) is 9.16. The number of carbonyl (C=O) groups excluding carboxylic acids is 3. The molecule has 0 aliphatic carbocycles. The van der Waals surface area contributed by atoms with Gasteiger partial charge >= 0.3 is 12.1 Å². The summed E-state index contributed by atoms with van der Waals surface area (Å²) in [5, 5.41) is 5.42. The van der Waals surface area contributed by atoms with Gasteiger partial charge in [0.05, 0.1) is 13.0 Å². The van der Waals surface area contributed by atoms with Gasteiger partial charge in [0.25, 0.3) is 0 Å². The van der Waals surface area contributed by atoms with Crippen LogP contribution in [0.15, 0.2) is 30.3 Å². The van der Waals surface area contributed by atoms with Gasteiger partial charge in [-0.05, 0) is 39.7 Å². The topological polar surface area (TPSA) is 93.7 Å². The molecule has 27 heavy (non-hydrogen) atoms. The van der Waals surface area contributed by atoms with Gasteiger partial charge in [0.1, 0.15) is 11.6 Å². The van der Waals surface area contributed by atoms with E-state index in [1.807, 2.05) is 13.0 Å². The van der Waals surface area contributed by atoms with Crippen LogP contribution in [0.2, 0.25) is 0 Å². The second-order valence-electron chi connectivity index (χ2n) is 7.11. The summed E-state index contributed by atoms with van der Waals surface area (Å²) >= 11 is 0. The van der Waals surface area contributed by atoms with E-state index in [1.165, 1.54) is 0 Å². The van der Waals surface area contributed by atoms with Crippen LogP contribution in [0.4, 0.5) is 4.79 Å². The van der Waals surface area contributed by atoms with E-state index in [0.29, 0.717) is 12.0 Å². The Bertz CT molecular complexity index is 625. The number of ether oxygens (including phenoxy) is 2. The highest BCUT2D eigenvalue weighted by Gasteiger charge is 2.27. The maximum Gasteiger partial charge on any atom is 0.408 e. The fourth-order valence-electron chi connectivity index (χ4n) is 2.37. The van der Waals surface area contributed by atoms with Crippen LogP contribution in [0, 0.1) is 0 Å². The molecule has 0 bridgehead atoms. The molecule has 0 saturated heterocycles. The Kier molecular flexibility index (Phi) is 8.78. The Hall–Kier alpha value is -2.57. The zero-order chi connectivity index (χ0) is 20.4. The number of alkyl carbamates (subject to hydrolysis) is 1. The van der Waals surface area contributed by atoms with Crippen LogP contribution in [0.5, 0.6) is 0 Å². The fourth-order valence-corrected chi connectivity index (χ4v) is 2.37. The predicted octanol–water partition coefficient (Wildman–Crippen LogP) is 3.10. The zero-order valence-corrected chi connectivity index (χ0v) is 16.7. The van der Waals surface area contributed by atoms with Crippen LogP contribution in [-0.2, 0) is 19.1 Å². The van der Waals surface area contributed by atoms with Crippen LogP contribution in [0.3, 0.4) is 0 Å². The lowest BCUT2D eigenvalue weighted by molar-refractivity contribution is -0.143. The molecule has 0 radical (unpaired) electrons. The summed E-state index contributed by atoms with van der Waals surface area (Å²) in [4.78, 5) is 36.7. The molecule has 0 spiro atoms. The Labute approximate surface area is 160 Å². The summed E-state index contributed by atoms with van der Waals surface area (Å²) in [5.74, 6) is -0.788. The smallest absolute Gasteiger partial charge is 0.408 e. The second kappa shape index (κ2) is 10.5. The molecule has 7 heteroatoms. The van der Waals surface area contributed by atoms with E-state index in [-0.39, 0.29) is 25.0 Å². The Balaban J connectivity index is 2.89. The van der Waals surface area contributed by atoms with Crippen molar-refractivity contribution in [3.8, 4) is 0 Å². The maximum atomic E-state index is 12.8. The number of rotatable bonds is 8. The standard InChI is InChI=1S/C20H30N2O5/c1-6-15(13-16(23)26-7-2)21-18(24)17(14-11-9-8-10-12-14)22-19(25)27-20(3,4)5/h8-12,15,17H,6-7,13H2,1-5H3,(H,21,24)(H,22,25)/t15?,17-/m0/s1. The Morgan fingerprint density at radius 1 is 1.04 bits per heavy atom. The molecule has 1 rings (SSSR count). The largest absolute Gasteiger partial charge is 0.466 e. The van der Waals surface area contributed by atoms with Crippen LogP contribution in [0.1, 0.15) is 59.1 Å². The van der Waals surface area contributed by atoms with Gasteiger partial charge in [-0.2, -0.15) is 0 Å². The number of hydrogen-bond acceptors (Lipinski definition) is 5. The van der Waals surface area contributed by atoms with Gasteiger partial charge in [0.15, 0.2) is 0 Å². The SMILES string of the molecule is CCOC(=O)CC(CC)NC(=O)[C@@H](NC(=O)OC(C)(C)C)c1ccccc1. The van der Waals surface area contributed by atoms with Gasteiger partial charge in [0.2, 0.25) is 5.91 Å². The Morgan fingerprint density at radius 2 is 1.67 bits per heavy atom. The molecule has 0 heterocycles. The van der Waals surface area contributed by atoms with E-state index in [1.54, 1.807) is 52.0 Å². The van der Waals surface area contributed by atoms with Gasteiger partial charge in [-0.3, -0.25) is 9.59 Å². The van der Waals surface area contributed by atoms with E-state index in [4.69, 9.17) is 9.47 Å². The van der Waals surface area contributed by atoms with Crippen LogP contribution < -0.4 is 10.6 Å². The molecule has 0 saturated carbocycles. The van der Waals surface area contributed by atoms with Crippen molar-refractivity contribution in [2.45, 2.75) is 65.1 Å². The van der Waals surface area contributed by atoms with Gasteiger partial charge in [0, 0.05) is 6.04 Å². The monoisotopic (exact) mass is 378 g/mol. The molecule has 1 aromatic carbocycles. The van der Waals surface area contributed by atoms with E-state index < -0.39 is 23.6 Å². The first-order valence-corrected chi connectivity index (χ1v) is 9.16. The number of esters is 1. The summed E-state index contributed by atoms with van der Waals surface area (Å²) in [6.45, 7) is 9.12. The van der Waals surface area contributed by atoms with Crippen molar-refractivity contribution in [1.82, 2.24) is 10.6 Å². The van der Waals surface area contributed by atoms with E-state index in [9.17, 15) is 14.4 Å². The second-order valence-corrected chi connectivity index (χ2v) is 7.11. The third kappa shape index (κ3) is 8.57. The predicted molar refractivity (Wildman–Crippen MR) is 102 cm³/mol. The molecule has 0 aliphatic rings. The summed E-state index contributed by atoms with van der Waals surface area (Å²) in [6, 6.07) is 7.55. The van der Waals surface area contributed by atoms with E-state index in [2.05, 4.69) is 10.6 Å². The summed E-state index contributed by atoms with van der Waals surface area (Å²) in [7, 11) is 0. The molecule has 7 nitrogen and oxygen atoms in total. The van der Waals surface area contributed by atoms with Crippen molar-refractivity contribution < 1.29 is 23.9 Å². The van der Waals surface area contributed by atoms with Crippen LogP contribution >= 0.6 is 0 Å². The lowest BCUT2D eigenvalue weighted by atomic mass is 10.0. The molecule has 2 atom stereocenters. The van der Waals surface area contributed by atoms with Gasteiger partial charge in [-0.25, -0.2) is 4.79 Å². The third-order valence-electron chi connectivity index (χ3n) is 3.61. The minimum atomic E-state index is -0.933. The molecular weight excluding hydrogens is 348 g/mol. The number of hydrogen-bond donors (Lipinski definition) is 2. The van der Waals surface area contributed by atoms with Crippen molar-refractivity contribution in [1.29, 1.82) is 0 Å². The lowest BCUT2D eigenvalue weighted by Gasteiger charge is -2.25. The van der Waals surface area contributed by atoms with E-state index >= 15 is 0 Å². The molecule has 2 amide bonds. The maximum absolute atomic E-state index is 12.8. The highest BCUT2D eigenvalue weighted by Crippen LogP contribution is 2.16. The minimum absolute atomic E-state index is 0.0734. The van der Waals surface area contributed by atoms with Crippen molar-refractivity contribution in [3.05, 3.63) is 35.9 Å². The average molecular weight is 378 g/mol. The molecule has 0 aromatic heterocycles. The van der Waals surface area contributed by atoms with Crippen LogP contribution in [-0.4, -0.2) is 36.2 Å². The normalized spacial score (nSPS) is 13.2. The number of amides is 2. The van der Waals surface area contributed by atoms with Gasteiger partial charge in [-0.1, -0.05) is 37.3 Å². The number of benzene rings is 1. The minimum Gasteiger partial charge on any atom is -0.466 e. The Morgan fingerprint density at radius 3 is 2.19 bits per heavy atom. The quantitative estimate of drug-likeness (QED) is 0.678. The molecule has 1 unspecified atom stereocenters. The molecule has 150 valence electrons. The fraction of sp³-hybridized carbons (Fsp3) is 0.550. The van der Waals surface area contributed by atoms with Crippen molar-refractivity contribution in [3.63, 3.8) is 0 Å². The molecule has 2 N–H and O–H groups in total.